The number of morpholine rings is 1. The summed E-state index contributed by atoms with van der Waals surface area (Å²) in [5.41, 5.74) is 0. The van der Waals surface area contributed by atoms with Crippen LogP contribution in [-0.4, -0.2) is 48.8 Å². The molecule has 17 heavy (non-hydrogen) atoms. The lowest BCUT2D eigenvalue weighted by atomic mass is 10.4. The van der Waals surface area contributed by atoms with Crippen molar-refractivity contribution in [3.05, 3.63) is 12.4 Å². The van der Waals surface area contributed by atoms with Crippen molar-refractivity contribution in [2.45, 2.75) is 12.3 Å². The van der Waals surface area contributed by atoms with E-state index >= 15 is 0 Å². The van der Waals surface area contributed by atoms with Gasteiger partial charge in [0.05, 0.1) is 13.2 Å². The van der Waals surface area contributed by atoms with Gasteiger partial charge in [-0.25, -0.2) is 4.98 Å². The molecule has 96 valence electrons. The van der Waals surface area contributed by atoms with Gasteiger partial charge in [0.25, 0.3) is 10.1 Å². The number of rotatable bonds is 3. The maximum absolute atomic E-state index is 11.1. The summed E-state index contributed by atoms with van der Waals surface area (Å²) in [7, 11) is -4.12. The van der Waals surface area contributed by atoms with Gasteiger partial charge in [-0.1, -0.05) is 0 Å². The number of aromatic nitrogens is 2. The van der Waals surface area contributed by atoms with Crippen LogP contribution in [-0.2, 0) is 14.9 Å². The number of hydrogen-bond acceptors (Lipinski definition) is 5. The van der Waals surface area contributed by atoms with E-state index in [0.717, 1.165) is 0 Å². The van der Waals surface area contributed by atoms with Gasteiger partial charge in [0.15, 0.2) is 5.37 Å². The first kappa shape index (κ1) is 12.3. The minimum Gasteiger partial charge on any atom is -0.378 e. The maximum Gasteiger partial charge on any atom is 0.286 e. The normalized spacial score (nSPS) is 19.3. The molecular formula is C9H15N3O4S. The van der Waals surface area contributed by atoms with Crippen molar-refractivity contribution in [1.29, 1.82) is 0 Å². The van der Waals surface area contributed by atoms with Gasteiger partial charge >= 0.3 is 0 Å². The van der Waals surface area contributed by atoms with E-state index in [1.165, 1.54) is 17.7 Å². The molecule has 1 unspecified atom stereocenters. The Morgan fingerprint density at radius 3 is 2.71 bits per heavy atom. The van der Waals surface area contributed by atoms with Crippen LogP contribution in [0, 0.1) is 0 Å². The van der Waals surface area contributed by atoms with Crippen LogP contribution in [0.15, 0.2) is 12.4 Å². The van der Waals surface area contributed by atoms with E-state index < -0.39 is 15.5 Å². The van der Waals surface area contributed by atoms with Crippen LogP contribution in [0.4, 0.5) is 5.95 Å². The van der Waals surface area contributed by atoms with E-state index in [0.29, 0.717) is 32.3 Å². The first-order chi connectivity index (χ1) is 8.00. The van der Waals surface area contributed by atoms with Crippen molar-refractivity contribution in [1.82, 2.24) is 9.55 Å². The lowest BCUT2D eigenvalue weighted by Crippen LogP contribution is -2.38. The summed E-state index contributed by atoms with van der Waals surface area (Å²) in [5.74, 6) is 0.540. The highest BCUT2D eigenvalue weighted by Crippen LogP contribution is 2.21. The van der Waals surface area contributed by atoms with Crippen molar-refractivity contribution < 1.29 is 17.7 Å². The first-order valence-corrected chi connectivity index (χ1v) is 6.82. The molecule has 0 aromatic carbocycles. The van der Waals surface area contributed by atoms with Crippen LogP contribution in [0.2, 0.25) is 0 Å². The molecule has 0 saturated carbocycles. The first-order valence-electron chi connectivity index (χ1n) is 5.32. The Balaban J connectivity index is 2.27. The fourth-order valence-electron chi connectivity index (χ4n) is 1.74. The Morgan fingerprint density at radius 2 is 2.12 bits per heavy atom. The molecule has 1 aliphatic rings. The highest BCUT2D eigenvalue weighted by atomic mass is 32.2. The lowest BCUT2D eigenvalue weighted by Gasteiger charge is -2.29. The summed E-state index contributed by atoms with van der Waals surface area (Å²) in [4.78, 5) is 6.07. The molecule has 1 aromatic heterocycles. The molecule has 0 spiro atoms. The van der Waals surface area contributed by atoms with Crippen LogP contribution in [0.1, 0.15) is 12.3 Å². The van der Waals surface area contributed by atoms with Crippen molar-refractivity contribution in [3.8, 4) is 0 Å². The van der Waals surface area contributed by atoms with Crippen LogP contribution in [0.25, 0.3) is 0 Å². The van der Waals surface area contributed by atoms with Gasteiger partial charge in [-0.15, -0.1) is 0 Å². The van der Waals surface area contributed by atoms with Gasteiger partial charge in [-0.05, 0) is 6.92 Å². The van der Waals surface area contributed by atoms with Crippen molar-refractivity contribution in [3.63, 3.8) is 0 Å². The van der Waals surface area contributed by atoms with Crippen LogP contribution in [0.3, 0.4) is 0 Å². The lowest BCUT2D eigenvalue weighted by molar-refractivity contribution is 0.121. The van der Waals surface area contributed by atoms with E-state index in [2.05, 4.69) is 4.98 Å². The van der Waals surface area contributed by atoms with Gasteiger partial charge in [0.2, 0.25) is 5.95 Å². The molecule has 1 aromatic rings. The predicted octanol–water partition coefficient (Wildman–Crippen LogP) is 0.126. The van der Waals surface area contributed by atoms with Crippen molar-refractivity contribution in [2.75, 3.05) is 31.2 Å². The summed E-state index contributed by atoms with van der Waals surface area (Å²) in [6.45, 7) is 3.92. The average molecular weight is 261 g/mol. The second-order valence-electron chi connectivity index (χ2n) is 3.85. The van der Waals surface area contributed by atoms with Gasteiger partial charge in [0, 0.05) is 25.5 Å². The van der Waals surface area contributed by atoms with E-state index in [-0.39, 0.29) is 0 Å². The van der Waals surface area contributed by atoms with Gasteiger partial charge in [0.1, 0.15) is 0 Å². The van der Waals surface area contributed by atoms with Crippen LogP contribution < -0.4 is 4.90 Å². The maximum atomic E-state index is 11.1. The molecule has 8 heteroatoms. The monoisotopic (exact) mass is 261 g/mol. The molecule has 1 saturated heterocycles. The largest absolute Gasteiger partial charge is 0.378 e. The second-order valence-corrected chi connectivity index (χ2v) is 5.56. The van der Waals surface area contributed by atoms with E-state index in [9.17, 15) is 8.42 Å². The minimum absolute atomic E-state index is 0.540. The molecule has 7 nitrogen and oxygen atoms in total. The highest BCUT2D eigenvalue weighted by molar-refractivity contribution is 7.85. The molecule has 1 fully saturated rings. The average Bonchev–Trinajstić information content (AvgIpc) is 2.76. The van der Waals surface area contributed by atoms with Crippen molar-refractivity contribution >= 4 is 16.1 Å². The Morgan fingerprint density at radius 1 is 1.47 bits per heavy atom. The summed E-state index contributed by atoms with van der Waals surface area (Å²) in [6.07, 6.45) is 3.07. The molecule has 1 N–H and O–H groups in total. The molecule has 2 rings (SSSR count). The third kappa shape index (κ3) is 2.59. The molecule has 0 amide bonds. The fraction of sp³-hybridized carbons (Fsp3) is 0.667. The smallest absolute Gasteiger partial charge is 0.286 e. The zero-order valence-corrected chi connectivity index (χ0v) is 10.3. The minimum atomic E-state index is -4.12. The number of anilines is 1. The van der Waals surface area contributed by atoms with E-state index in [1.54, 1.807) is 6.20 Å². The fourth-order valence-corrected chi connectivity index (χ4v) is 2.19. The summed E-state index contributed by atoms with van der Waals surface area (Å²) >= 11 is 0. The molecule has 1 atom stereocenters. The predicted molar refractivity (Wildman–Crippen MR) is 61.5 cm³/mol. The highest BCUT2D eigenvalue weighted by Gasteiger charge is 2.24. The number of nitrogens with zero attached hydrogens (tertiary/aromatic N) is 3. The standard InChI is InChI=1S/C9H15N3O4S/c1-8(17(13,14)15)12-3-2-10-9(12)11-4-6-16-7-5-11/h2-3,8H,4-7H2,1H3,(H,13,14,15). The number of ether oxygens (including phenoxy) is 1. The zero-order valence-electron chi connectivity index (χ0n) is 9.48. The quantitative estimate of drug-likeness (QED) is 0.778. The second kappa shape index (κ2) is 4.63. The van der Waals surface area contributed by atoms with Gasteiger partial charge < -0.3 is 9.64 Å². The third-order valence-corrected chi connectivity index (χ3v) is 3.85. The Hall–Kier alpha value is -1.12. The van der Waals surface area contributed by atoms with Crippen LogP contribution >= 0.6 is 0 Å². The molecule has 1 aliphatic heterocycles. The summed E-state index contributed by atoms with van der Waals surface area (Å²) < 4.78 is 38.0. The Kier molecular flexibility index (Phi) is 3.36. The molecular weight excluding hydrogens is 246 g/mol. The van der Waals surface area contributed by atoms with Crippen LogP contribution in [0.5, 0.6) is 0 Å². The van der Waals surface area contributed by atoms with E-state index in [1.807, 2.05) is 4.90 Å². The SMILES string of the molecule is CC(n1ccnc1N1CCOCC1)S(=O)(=O)O. The number of imidazole rings is 1. The van der Waals surface area contributed by atoms with Crippen molar-refractivity contribution in [2.24, 2.45) is 0 Å². The number of hydrogen-bond donors (Lipinski definition) is 1. The molecule has 0 aliphatic carbocycles. The Labute approximate surface area is 99.8 Å². The van der Waals surface area contributed by atoms with Gasteiger partial charge in [-0.2, -0.15) is 8.42 Å². The summed E-state index contributed by atoms with van der Waals surface area (Å²) in [6, 6.07) is 0. The summed E-state index contributed by atoms with van der Waals surface area (Å²) in [5, 5.41) is -1.04. The van der Waals surface area contributed by atoms with Gasteiger partial charge in [-0.3, -0.25) is 9.12 Å². The molecule has 0 bridgehead atoms. The molecule has 0 radical (unpaired) electrons. The molecule has 2 heterocycles. The zero-order chi connectivity index (χ0) is 12.5. The third-order valence-electron chi connectivity index (χ3n) is 2.76. The topological polar surface area (TPSA) is 84.7 Å². The van der Waals surface area contributed by atoms with E-state index in [4.69, 9.17) is 9.29 Å². The Bertz CT molecular complexity index is 478.